The fourth-order valence-electron chi connectivity index (χ4n) is 0. The Kier molecular flexibility index (Phi) is 198. The van der Waals surface area contributed by atoms with Crippen molar-refractivity contribution < 1.29 is 0 Å². The van der Waals surface area contributed by atoms with Gasteiger partial charge in [-0.1, -0.05) is 0 Å². The first-order valence-corrected chi connectivity index (χ1v) is 0. The van der Waals surface area contributed by atoms with Crippen molar-refractivity contribution in [2.45, 2.75) is 0 Å². The zero-order valence-electron chi connectivity index (χ0n) is 2.63. The van der Waals surface area contributed by atoms with Crippen LogP contribution in [0.1, 0.15) is 0 Å². The van der Waals surface area contributed by atoms with Gasteiger partial charge in [-0.25, -0.2) is 0 Å². The Morgan fingerprint density at radius 3 is 0.400 bits per heavy atom. The number of halogens is 4. The summed E-state index contributed by atoms with van der Waals surface area (Å²) in [6.07, 6.45) is 0. The Labute approximate surface area is 116 Å². The van der Waals surface area contributed by atoms with Gasteiger partial charge in [0.2, 0.25) is 0 Å². The van der Waals surface area contributed by atoms with Crippen LogP contribution >= 0.6 is 67.9 Å². The van der Waals surface area contributed by atoms with E-state index in [-0.39, 0.29) is 119 Å². The van der Waals surface area contributed by atoms with Crippen LogP contribution in [0.5, 0.6) is 0 Å². The summed E-state index contributed by atoms with van der Waals surface area (Å²) in [5.41, 5.74) is 0. The number of rotatable bonds is 0. The third-order valence-electron chi connectivity index (χ3n) is 0. The molecule has 0 fully saturated rings. The van der Waals surface area contributed by atoms with E-state index in [1.165, 1.54) is 0 Å². The van der Waals surface area contributed by atoms with Crippen LogP contribution in [-0.2, 0) is 0 Å². The number of hydrogen-bond donors (Lipinski definition) is 0. The van der Waals surface area contributed by atoms with Crippen molar-refractivity contribution >= 4 is 119 Å². The Bertz CT molecular complexity index is 3.61. The van der Waals surface area contributed by atoms with Gasteiger partial charge in [-0.2, -0.15) is 0 Å². The molecular formula is H4Br4K. The molecule has 0 aliphatic carbocycles. The van der Waals surface area contributed by atoms with Gasteiger partial charge in [0.25, 0.3) is 0 Å². The average molecular weight is 363 g/mol. The fourth-order valence-corrected chi connectivity index (χ4v) is 0. The second-order valence-electron chi connectivity index (χ2n) is 0. The van der Waals surface area contributed by atoms with E-state index in [9.17, 15) is 0 Å². The molecular weight excluding hydrogens is 359 g/mol. The standard InChI is InChI=1S/4BrH.K/h4*1H;. The second-order valence-corrected chi connectivity index (χ2v) is 0. The van der Waals surface area contributed by atoms with Gasteiger partial charge in [0.05, 0.1) is 0 Å². The first-order valence-electron chi connectivity index (χ1n) is 0. The molecule has 0 saturated heterocycles. The molecule has 0 heterocycles. The van der Waals surface area contributed by atoms with Crippen molar-refractivity contribution in [3.8, 4) is 0 Å². The molecule has 0 aliphatic heterocycles. The van der Waals surface area contributed by atoms with Crippen LogP contribution < -0.4 is 0 Å². The zero-order chi connectivity index (χ0) is 0. The molecule has 0 amide bonds. The van der Waals surface area contributed by atoms with Crippen molar-refractivity contribution in [3.05, 3.63) is 0 Å². The molecule has 1 radical (unpaired) electrons. The van der Waals surface area contributed by atoms with Crippen molar-refractivity contribution in [2.75, 3.05) is 0 Å². The van der Waals surface area contributed by atoms with Crippen LogP contribution in [0.4, 0.5) is 0 Å². The van der Waals surface area contributed by atoms with E-state index in [0.717, 1.165) is 0 Å². The first-order chi connectivity index (χ1) is 0. The van der Waals surface area contributed by atoms with E-state index in [4.69, 9.17) is 0 Å². The third-order valence-corrected chi connectivity index (χ3v) is 0. The van der Waals surface area contributed by atoms with Crippen molar-refractivity contribution in [1.29, 1.82) is 0 Å². The Morgan fingerprint density at radius 2 is 0.400 bits per heavy atom. The van der Waals surface area contributed by atoms with E-state index in [1.807, 2.05) is 0 Å². The number of hydrogen-bond acceptors (Lipinski definition) is 0. The van der Waals surface area contributed by atoms with Gasteiger partial charge in [0, 0.05) is 51.4 Å². The van der Waals surface area contributed by atoms with Gasteiger partial charge >= 0.3 is 0 Å². The molecule has 0 aromatic carbocycles. The van der Waals surface area contributed by atoms with Gasteiger partial charge in [0.1, 0.15) is 0 Å². The molecule has 0 nitrogen and oxygen atoms in total. The molecule has 0 aliphatic rings. The molecule has 0 rings (SSSR count). The molecule has 0 N–H and O–H groups in total. The summed E-state index contributed by atoms with van der Waals surface area (Å²) in [4.78, 5) is 0. The third kappa shape index (κ3) is 18.4. The molecule has 5 heteroatoms. The van der Waals surface area contributed by atoms with E-state index in [2.05, 4.69) is 0 Å². The van der Waals surface area contributed by atoms with Gasteiger partial charge in [-0.05, 0) is 0 Å². The van der Waals surface area contributed by atoms with E-state index < -0.39 is 0 Å². The quantitative estimate of drug-likeness (QED) is 0.578. The topological polar surface area (TPSA) is 0 Å². The minimum Gasteiger partial charge on any atom is -0.114 e. The molecule has 5 heavy (non-hydrogen) atoms. The summed E-state index contributed by atoms with van der Waals surface area (Å²) in [6, 6.07) is 0. The average Bonchev–Trinajstić information content (AvgIpc) is 0. The second kappa shape index (κ2) is 25.7. The summed E-state index contributed by atoms with van der Waals surface area (Å²) < 4.78 is 0. The summed E-state index contributed by atoms with van der Waals surface area (Å²) >= 11 is 0. The van der Waals surface area contributed by atoms with Crippen LogP contribution in [0.15, 0.2) is 0 Å². The SMILES string of the molecule is Br.Br.Br.Br.[K]. The predicted octanol–water partition coefficient (Wildman–Crippen LogP) is 1.93. The molecule has 0 atom stereocenters. The monoisotopic (exact) mass is 359 g/mol. The minimum atomic E-state index is 0. The molecule has 0 aromatic heterocycles. The first kappa shape index (κ1) is 38.6. The normalized spacial score (nSPS) is 0. The van der Waals surface area contributed by atoms with Crippen molar-refractivity contribution in [2.24, 2.45) is 0 Å². The van der Waals surface area contributed by atoms with Gasteiger partial charge in [0.15, 0.2) is 0 Å². The Hall–Kier alpha value is 3.56. The smallest absolute Gasteiger partial charge is 0 e. The molecule has 0 unspecified atom stereocenters. The maximum Gasteiger partial charge on any atom is 0 e. The maximum absolute atomic E-state index is 0. The van der Waals surface area contributed by atoms with Crippen molar-refractivity contribution in [1.82, 2.24) is 0 Å². The van der Waals surface area contributed by atoms with E-state index in [1.54, 1.807) is 0 Å². The van der Waals surface area contributed by atoms with Gasteiger partial charge in [-0.3, -0.25) is 0 Å². The maximum atomic E-state index is 0. The molecule has 0 aromatic rings. The predicted molar refractivity (Wildman–Crippen MR) is 47.0 cm³/mol. The fraction of sp³-hybridized carbons (Fsp3) is 0. The molecule has 0 saturated carbocycles. The van der Waals surface area contributed by atoms with Crippen LogP contribution in [0.2, 0.25) is 0 Å². The van der Waals surface area contributed by atoms with Crippen LogP contribution in [0, 0.1) is 0 Å². The Morgan fingerprint density at radius 1 is 0.400 bits per heavy atom. The minimum absolute atomic E-state index is 0. The van der Waals surface area contributed by atoms with Crippen LogP contribution in [0.3, 0.4) is 0 Å². The summed E-state index contributed by atoms with van der Waals surface area (Å²) in [5, 5.41) is 0. The molecule has 0 spiro atoms. The largest absolute Gasteiger partial charge is 0.114 e. The Balaban J connectivity index is 0. The summed E-state index contributed by atoms with van der Waals surface area (Å²) in [6.45, 7) is 0. The molecule has 0 bridgehead atoms. The zero-order valence-corrected chi connectivity index (χ0v) is 12.6. The van der Waals surface area contributed by atoms with Crippen molar-refractivity contribution in [3.63, 3.8) is 0 Å². The van der Waals surface area contributed by atoms with E-state index in [0.29, 0.717) is 0 Å². The summed E-state index contributed by atoms with van der Waals surface area (Å²) in [5.74, 6) is 0. The van der Waals surface area contributed by atoms with Gasteiger partial charge < -0.3 is 0 Å². The van der Waals surface area contributed by atoms with Gasteiger partial charge in [-0.15, -0.1) is 67.9 Å². The van der Waals surface area contributed by atoms with E-state index >= 15 is 0 Å². The molecule has 33 valence electrons. The van der Waals surface area contributed by atoms with Crippen LogP contribution in [-0.4, -0.2) is 51.4 Å². The summed E-state index contributed by atoms with van der Waals surface area (Å²) in [7, 11) is 0. The van der Waals surface area contributed by atoms with Crippen LogP contribution in [0.25, 0.3) is 0 Å².